The topological polar surface area (TPSA) is 59.0 Å². The van der Waals surface area contributed by atoms with Gasteiger partial charge >= 0.3 is 0 Å². The van der Waals surface area contributed by atoms with Crippen molar-refractivity contribution in [1.29, 1.82) is 0 Å². The molecule has 0 spiro atoms. The largest absolute Gasteiger partial charge is 0.439 e. The number of benzene rings is 1. The molecule has 1 saturated heterocycles. The Morgan fingerprint density at radius 3 is 2.96 bits per heavy atom. The number of guanidine groups is 1. The summed E-state index contributed by atoms with van der Waals surface area (Å²) in [6.07, 6.45) is 2.83. The van der Waals surface area contributed by atoms with Gasteiger partial charge in [-0.1, -0.05) is 12.1 Å². The minimum Gasteiger partial charge on any atom is -0.439 e. The van der Waals surface area contributed by atoms with Crippen LogP contribution in [0.3, 0.4) is 0 Å². The average Bonchev–Trinajstić information content (AvgIpc) is 3.19. The summed E-state index contributed by atoms with van der Waals surface area (Å²) >= 11 is 0. The van der Waals surface area contributed by atoms with Gasteiger partial charge in [-0.3, -0.25) is 0 Å². The number of pyridine rings is 1. The summed E-state index contributed by atoms with van der Waals surface area (Å²) in [5.74, 6) is 1.92. The summed E-state index contributed by atoms with van der Waals surface area (Å²) in [5, 5.41) is 3.33. The number of ether oxygens (including phenoxy) is 2. The third-order valence-electron chi connectivity index (χ3n) is 4.48. The maximum atomic E-state index is 13.2. The number of nitrogens with zero attached hydrogens (tertiary/aromatic N) is 3. The van der Waals surface area contributed by atoms with Crippen LogP contribution in [0.25, 0.3) is 0 Å². The molecule has 7 heteroatoms. The van der Waals surface area contributed by atoms with Crippen LogP contribution >= 0.6 is 0 Å². The lowest BCUT2D eigenvalue weighted by atomic mass is 10.1. The van der Waals surface area contributed by atoms with Crippen molar-refractivity contribution in [2.45, 2.75) is 19.9 Å². The van der Waals surface area contributed by atoms with Crippen molar-refractivity contribution in [3.63, 3.8) is 0 Å². The van der Waals surface area contributed by atoms with E-state index in [2.05, 4.69) is 22.1 Å². The van der Waals surface area contributed by atoms with E-state index < -0.39 is 0 Å². The number of aromatic nitrogens is 1. The Labute approximate surface area is 165 Å². The molecule has 1 atom stereocenters. The molecule has 3 rings (SSSR count). The second-order valence-electron chi connectivity index (χ2n) is 6.84. The number of nitrogens with one attached hydrogen (secondary N) is 1. The lowest BCUT2D eigenvalue weighted by Crippen LogP contribution is -2.41. The predicted molar refractivity (Wildman–Crippen MR) is 107 cm³/mol. The monoisotopic (exact) mass is 386 g/mol. The van der Waals surface area contributed by atoms with Crippen molar-refractivity contribution in [3.05, 3.63) is 54.0 Å². The first-order valence-electron chi connectivity index (χ1n) is 9.59. The summed E-state index contributed by atoms with van der Waals surface area (Å²) in [4.78, 5) is 11.2. The first-order valence-corrected chi connectivity index (χ1v) is 9.59. The molecule has 0 radical (unpaired) electrons. The van der Waals surface area contributed by atoms with Gasteiger partial charge in [0.25, 0.3) is 0 Å². The Morgan fingerprint density at radius 2 is 2.29 bits per heavy atom. The third kappa shape index (κ3) is 5.92. The molecule has 1 aromatic heterocycles. The van der Waals surface area contributed by atoms with E-state index in [1.165, 1.54) is 12.1 Å². The van der Waals surface area contributed by atoms with E-state index in [0.717, 1.165) is 44.2 Å². The van der Waals surface area contributed by atoms with E-state index in [-0.39, 0.29) is 5.82 Å². The Bertz CT molecular complexity index is 776. The zero-order chi connectivity index (χ0) is 19.8. The molecule has 0 aliphatic carbocycles. The molecule has 2 aromatic rings. The maximum absolute atomic E-state index is 13.2. The molecular weight excluding hydrogens is 359 g/mol. The van der Waals surface area contributed by atoms with E-state index in [9.17, 15) is 4.39 Å². The molecule has 1 unspecified atom stereocenters. The highest BCUT2D eigenvalue weighted by molar-refractivity contribution is 5.79. The third-order valence-corrected chi connectivity index (χ3v) is 4.48. The molecule has 0 amide bonds. The minimum absolute atomic E-state index is 0.340. The molecule has 150 valence electrons. The number of aliphatic imine (C=N–C) groups is 1. The lowest BCUT2D eigenvalue weighted by molar-refractivity contribution is 0.181. The molecule has 1 aliphatic heterocycles. The molecular formula is C21H27FN4O2. The zero-order valence-electron chi connectivity index (χ0n) is 16.4. The van der Waals surface area contributed by atoms with Gasteiger partial charge in [0.2, 0.25) is 5.88 Å². The van der Waals surface area contributed by atoms with Gasteiger partial charge < -0.3 is 19.7 Å². The molecule has 6 nitrogen and oxygen atoms in total. The van der Waals surface area contributed by atoms with Crippen LogP contribution in [0, 0.1) is 11.7 Å². The lowest BCUT2D eigenvalue weighted by Gasteiger charge is -2.24. The summed E-state index contributed by atoms with van der Waals surface area (Å²) in [6, 6.07) is 9.68. The molecule has 2 heterocycles. The second-order valence-corrected chi connectivity index (χ2v) is 6.84. The van der Waals surface area contributed by atoms with Crippen LogP contribution in [-0.2, 0) is 11.3 Å². The smallest absolute Gasteiger partial charge is 0.219 e. The summed E-state index contributed by atoms with van der Waals surface area (Å²) in [6.45, 7) is 5.97. The zero-order valence-corrected chi connectivity index (χ0v) is 16.4. The van der Waals surface area contributed by atoms with E-state index in [4.69, 9.17) is 14.5 Å². The Hall–Kier alpha value is -2.67. The summed E-state index contributed by atoms with van der Waals surface area (Å²) in [5.41, 5.74) is 0.972. The quantitative estimate of drug-likeness (QED) is 0.583. The highest BCUT2D eigenvalue weighted by Gasteiger charge is 2.19. The van der Waals surface area contributed by atoms with Crippen LogP contribution in [0.2, 0.25) is 0 Å². The number of halogens is 1. The van der Waals surface area contributed by atoms with Crippen molar-refractivity contribution in [1.82, 2.24) is 15.2 Å². The highest BCUT2D eigenvalue weighted by Crippen LogP contribution is 2.20. The fourth-order valence-electron chi connectivity index (χ4n) is 3.05. The summed E-state index contributed by atoms with van der Waals surface area (Å²) < 4.78 is 24.3. The first-order chi connectivity index (χ1) is 13.6. The number of hydrogen-bond acceptors (Lipinski definition) is 4. The van der Waals surface area contributed by atoms with Gasteiger partial charge in [-0.15, -0.1) is 0 Å². The van der Waals surface area contributed by atoms with E-state index >= 15 is 0 Å². The van der Waals surface area contributed by atoms with Gasteiger partial charge in [-0.2, -0.15) is 0 Å². The summed E-state index contributed by atoms with van der Waals surface area (Å²) in [7, 11) is 2.05. The molecule has 1 N–H and O–H groups in total. The van der Waals surface area contributed by atoms with E-state index in [0.29, 0.717) is 24.1 Å². The standard InChI is InChI=1S/C21H27FN4O2/c1-3-23-21(26(2)14-17-9-10-27-15-17)25-13-16-7-8-20(24-12-16)28-19-6-4-5-18(22)11-19/h4-8,11-12,17H,3,9-10,13-15H2,1-2H3,(H,23,25). The van der Waals surface area contributed by atoms with Gasteiger partial charge in [0.1, 0.15) is 11.6 Å². The van der Waals surface area contributed by atoms with Crippen LogP contribution in [-0.4, -0.2) is 49.2 Å². The Balaban J connectivity index is 1.59. The predicted octanol–water partition coefficient (Wildman–Crippen LogP) is 3.45. The van der Waals surface area contributed by atoms with E-state index in [1.54, 1.807) is 24.4 Å². The number of rotatable bonds is 7. The first kappa shape index (κ1) is 20.1. The molecule has 1 aliphatic rings. The van der Waals surface area contributed by atoms with Crippen LogP contribution in [0.4, 0.5) is 4.39 Å². The van der Waals surface area contributed by atoms with Crippen molar-refractivity contribution >= 4 is 5.96 Å². The average molecular weight is 386 g/mol. The van der Waals surface area contributed by atoms with Crippen molar-refractivity contribution in [2.75, 3.05) is 33.4 Å². The van der Waals surface area contributed by atoms with Gasteiger partial charge in [-0.05, 0) is 31.0 Å². The molecule has 0 bridgehead atoms. The van der Waals surface area contributed by atoms with Gasteiger partial charge in [-0.25, -0.2) is 14.4 Å². The molecule has 1 aromatic carbocycles. The van der Waals surface area contributed by atoms with Gasteiger partial charge in [0, 0.05) is 51.0 Å². The molecule has 1 fully saturated rings. The van der Waals surface area contributed by atoms with Crippen molar-refractivity contribution in [2.24, 2.45) is 10.9 Å². The van der Waals surface area contributed by atoms with Crippen molar-refractivity contribution in [3.8, 4) is 11.6 Å². The normalized spacial score (nSPS) is 16.8. The molecule has 28 heavy (non-hydrogen) atoms. The van der Waals surface area contributed by atoms with Crippen LogP contribution < -0.4 is 10.1 Å². The van der Waals surface area contributed by atoms with Crippen LogP contribution in [0.1, 0.15) is 18.9 Å². The Morgan fingerprint density at radius 1 is 1.39 bits per heavy atom. The highest BCUT2D eigenvalue weighted by atomic mass is 19.1. The second kappa shape index (κ2) is 10.0. The van der Waals surface area contributed by atoms with Crippen LogP contribution in [0.5, 0.6) is 11.6 Å². The van der Waals surface area contributed by atoms with Gasteiger partial charge in [0.05, 0.1) is 13.2 Å². The maximum Gasteiger partial charge on any atom is 0.219 e. The SMILES string of the molecule is CCNC(=NCc1ccc(Oc2cccc(F)c2)nc1)N(C)CC1CCOC1. The van der Waals surface area contributed by atoms with Crippen molar-refractivity contribution < 1.29 is 13.9 Å². The molecule has 0 saturated carbocycles. The number of hydrogen-bond donors (Lipinski definition) is 1. The van der Waals surface area contributed by atoms with E-state index in [1.807, 2.05) is 13.1 Å². The van der Waals surface area contributed by atoms with Crippen LogP contribution in [0.15, 0.2) is 47.6 Å². The fourth-order valence-corrected chi connectivity index (χ4v) is 3.05. The minimum atomic E-state index is -0.340. The Kier molecular flexibility index (Phi) is 7.19. The fraction of sp³-hybridized carbons (Fsp3) is 0.429. The van der Waals surface area contributed by atoms with Gasteiger partial charge in [0.15, 0.2) is 5.96 Å².